The fraction of sp³-hybridized carbons (Fsp3) is 0.100. The Labute approximate surface area is 96.5 Å². The predicted molar refractivity (Wildman–Crippen MR) is 58.7 cm³/mol. The molecule has 1 heterocycles. The quantitative estimate of drug-likeness (QED) is 0.595. The second kappa shape index (κ2) is 4.52. The zero-order valence-corrected chi connectivity index (χ0v) is 9.01. The molecule has 7 heteroatoms. The van der Waals surface area contributed by atoms with Crippen molar-refractivity contribution < 1.29 is 14.3 Å². The zero-order valence-electron chi connectivity index (χ0n) is 9.01. The Balaban J connectivity index is 2.22. The van der Waals surface area contributed by atoms with Crippen LogP contribution in [0.2, 0.25) is 0 Å². The molecule has 0 saturated heterocycles. The van der Waals surface area contributed by atoms with Gasteiger partial charge in [-0.3, -0.25) is 0 Å². The van der Waals surface area contributed by atoms with Gasteiger partial charge in [0, 0.05) is 0 Å². The van der Waals surface area contributed by atoms with Crippen molar-refractivity contribution in [1.82, 2.24) is 15.4 Å². The maximum atomic E-state index is 11.7. The van der Waals surface area contributed by atoms with Crippen LogP contribution in [0, 0.1) is 0 Å². The number of aromatic amines is 1. The summed E-state index contributed by atoms with van der Waals surface area (Å²) in [6.45, 7) is 0. The number of para-hydroxylation sites is 2. The number of nitrogens with one attached hydrogen (secondary N) is 1. The topological polar surface area (TPSA) is 103 Å². The van der Waals surface area contributed by atoms with Crippen LogP contribution in [0.5, 0.6) is 11.5 Å². The Morgan fingerprint density at radius 1 is 1.29 bits per heavy atom. The molecular formula is C10H10N4O3. The van der Waals surface area contributed by atoms with Crippen molar-refractivity contribution in [2.24, 2.45) is 0 Å². The fourth-order valence-corrected chi connectivity index (χ4v) is 1.24. The lowest BCUT2D eigenvalue weighted by Gasteiger charge is -2.07. The minimum atomic E-state index is -0.694. The number of benzene rings is 1. The van der Waals surface area contributed by atoms with E-state index in [2.05, 4.69) is 15.4 Å². The Hall–Kier alpha value is -2.57. The summed E-state index contributed by atoms with van der Waals surface area (Å²) < 4.78 is 10.1. The normalized spacial score (nSPS) is 9.94. The van der Waals surface area contributed by atoms with Crippen LogP contribution in [-0.2, 0) is 0 Å². The van der Waals surface area contributed by atoms with Crippen molar-refractivity contribution in [3.63, 3.8) is 0 Å². The van der Waals surface area contributed by atoms with Gasteiger partial charge < -0.3 is 15.2 Å². The largest absolute Gasteiger partial charge is 0.493 e. The van der Waals surface area contributed by atoms with Crippen molar-refractivity contribution in [3.05, 3.63) is 30.0 Å². The van der Waals surface area contributed by atoms with Gasteiger partial charge in [-0.15, -0.1) is 10.2 Å². The first kappa shape index (κ1) is 10.9. The molecule has 3 N–H and O–H groups in total. The summed E-state index contributed by atoms with van der Waals surface area (Å²) in [5.74, 6) is 0.0379. The highest BCUT2D eigenvalue weighted by Crippen LogP contribution is 2.26. The van der Waals surface area contributed by atoms with Gasteiger partial charge in [0.25, 0.3) is 0 Å². The summed E-state index contributed by atoms with van der Waals surface area (Å²) >= 11 is 0. The molecule has 0 aliphatic carbocycles. The molecule has 1 aromatic carbocycles. The summed E-state index contributed by atoms with van der Waals surface area (Å²) in [6.07, 6.45) is 0. The first-order valence-corrected chi connectivity index (χ1v) is 4.74. The number of aromatic nitrogens is 3. The van der Waals surface area contributed by atoms with Crippen LogP contribution in [-0.4, -0.2) is 28.5 Å². The highest BCUT2D eigenvalue weighted by atomic mass is 16.6. The van der Waals surface area contributed by atoms with Gasteiger partial charge in [0.2, 0.25) is 5.69 Å². The third kappa shape index (κ3) is 2.17. The number of nitrogens with zero attached hydrogens (tertiary/aromatic N) is 2. The minimum Gasteiger partial charge on any atom is -0.493 e. The lowest BCUT2D eigenvalue weighted by molar-refractivity contribution is 0.0724. The Morgan fingerprint density at radius 3 is 2.59 bits per heavy atom. The van der Waals surface area contributed by atoms with E-state index in [9.17, 15) is 4.79 Å². The standard InChI is InChI=1S/C10H10N4O3/c1-16-6-4-2-3-5-7(6)17-10(15)8-9(11)13-14-12-8/h2-5H,1H3,(H3,11,12,13,14). The Morgan fingerprint density at radius 2 is 2.00 bits per heavy atom. The fourth-order valence-electron chi connectivity index (χ4n) is 1.24. The number of H-pyrrole nitrogens is 1. The van der Waals surface area contributed by atoms with Crippen LogP contribution < -0.4 is 15.2 Å². The number of anilines is 1. The third-order valence-corrected chi connectivity index (χ3v) is 2.04. The van der Waals surface area contributed by atoms with Gasteiger partial charge >= 0.3 is 5.97 Å². The molecule has 0 atom stereocenters. The molecule has 0 bridgehead atoms. The summed E-state index contributed by atoms with van der Waals surface area (Å²) in [6, 6.07) is 6.76. The Bertz CT molecular complexity index is 538. The number of nitrogen functional groups attached to an aromatic ring is 1. The van der Waals surface area contributed by atoms with Gasteiger partial charge in [-0.05, 0) is 12.1 Å². The van der Waals surface area contributed by atoms with E-state index in [4.69, 9.17) is 15.2 Å². The van der Waals surface area contributed by atoms with Crippen LogP contribution in [0.15, 0.2) is 24.3 Å². The van der Waals surface area contributed by atoms with Crippen molar-refractivity contribution in [3.8, 4) is 11.5 Å². The summed E-state index contributed by atoms with van der Waals surface area (Å²) in [5, 5.41) is 9.36. The van der Waals surface area contributed by atoms with Crippen LogP contribution in [0.3, 0.4) is 0 Å². The number of carbonyl (C=O) groups is 1. The minimum absolute atomic E-state index is 0.00935. The van der Waals surface area contributed by atoms with Gasteiger partial charge in [0.1, 0.15) is 0 Å². The summed E-state index contributed by atoms with van der Waals surface area (Å²) in [7, 11) is 1.48. The average molecular weight is 234 g/mol. The first-order valence-electron chi connectivity index (χ1n) is 4.74. The maximum Gasteiger partial charge on any atom is 0.368 e. The predicted octanol–water partition coefficient (Wildman–Crippen LogP) is 0.615. The van der Waals surface area contributed by atoms with Crippen LogP contribution in [0.25, 0.3) is 0 Å². The number of esters is 1. The van der Waals surface area contributed by atoms with Crippen molar-refractivity contribution in [2.45, 2.75) is 0 Å². The lowest BCUT2D eigenvalue weighted by atomic mass is 10.3. The molecule has 2 rings (SSSR count). The van der Waals surface area contributed by atoms with Gasteiger partial charge in [0.05, 0.1) is 7.11 Å². The van der Waals surface area contributed by atoms with Gasteiger partial charge in [-0.1, -0.05) is 12.1 Å². The Kier molecular flexibility index (Phi) is 2.91. The number of hydrogen-bond acceptors (Lipinski definition) is 6. The molecule has 0 aliphatic heterocycles. The molecular weight excluding hydrogens is 224 g/mol. The molecule has 1 aromatic heterocycles. The SMILES string of the molecule is COc1ccccc1OC(=O)c1n[nH]nc1N. The monoisotopic (exact) mass is 234 g/mol. The number of methoxy groups -OCH3 is 1. The van der Waals surface area contributed by atoms with Crippen molar-refractivity contribution >= 4 is 11.8 Å². The lowest BCUT2D eigenvalue weighted by Crippen LogP contribution is -2.11. The zero-order chi connectivity index (χ0) is 12.3. The number of ether oxygens (including phenoxy) is 2. The molecule has 0 aliphatic rings. The molecule has 2 aromatic rings. The number of nitrogens with two attached hydrogens (primary N) is 1. The molecule has 17 heavy (non-hydrogen) atoms. The number of hydrogen-bond donors (Lipinski definition) is 2. The molecule has 0 radical (unpaired) electrons. The van der Waals surface area contributed by atoms with Crippen LogP contribution in [0.1, 0.15) is 10.5 Å². The van der Waals surface area contributed by atoms with Crippen molar-refractivity contribution in [1.29, 1.82) is 0 Å². The van der Waals surface area contributed by atoms with E-state index >= 15 is 0 Å². The van der Waals surface area contributed by atoms with Gasteiger partial charge in [0.15, 0.2) is 17.3 Å². The average Bonchev–Trinajstić information content (AvgIpc) is 2.76. The van der Waals surface area contributed by atoms with Crippen LogP contribution >= 0.6 is 0 Å². The molecule has 0 unspecified atom stereocenters. The van der Waals surface area contributed by atoms with E-state index in [0.717, 1.165) is 0 Å². The highest BCUT2D eigenvalue weighted by molar-refractivity contribution is 5.93. The van der Waals surface area contributed by atoms with E-state index in [1.807, 2.05) is 0 Å². The van der Waals surface area contributed by atoms with E-state index in [0.29, 0.717) is 11.5 Å². The maximum absolute atomic E-state index is 11.7. The highest BCUT2D eigenvalue weighted by Gasteiger charge is 2.18. The second-order valence-corrected chi connectivity index (χ2v) is 3.10. The number of carbonyl (C=O) groups excluding carboxylic acids is 1. The molecule has 0 spiro atoms. The first-order chi connectivity index (χ1) is 8.22. The van der Waals surface area contributed by atoms with E-state index in [1.165, 1.54) is 7.11 Å². The van der Waals surface area contributed by atoms with E-state index in [1.54, 1.807) is 24.3 Å². The van der Waals surface area contributed by atoms with Gasteiger partial charge in [-0.2, -0.15) is 5.21 Å². The van der Waals surface area contributed by atoms with E-state index in [-0.39, 0.29) is 11.5 Å². The van der Waals surface area contributed by atoms with E-state index < -0.39 is 5.97 Å². The molecule has 0 fully saturated rings. The smallest absolute Gasteiger partial charge is 0.368 e. The molecule has 88 valence electrons. The van der Waals surface area contributed by atoms with Crippen molar-refractivity contribution in [2.75, 3.05) is 12.8 Å². The summed E-state index contributed by atoms with van der Waals surface area (Å²) in [4.78, 5) is 11.7. The molecule has 0 amide bonds. The molecule has 7 nitrogen and oxygen atoms in total. The van der Waals surface area contributed by atoms with Gasteiger partial charge in [-0.25, -0.2) is 4.79 Å². The third-order valence-electron chi connectivity index (χ3n) is 2.04. The van der Waals surface area contributed by atoms with Crippen LogP contribution in [0.4, 0.5) is 5.82 Å². The summed E-state index contributed by atoms with van der Waals surface area (Å²) in [5.41, 5.74) is 5.37. The number of rotatable bonds is 3. The molecule has 0 saturated carbocycles. The second-order valence-electron chi connectivity index (χ2n) is 3.10.